The molecule has 0 unspecified atom stereocenters. The Balaban J connectivity index is 1.20. The van der Waals surface area contributed by atoms with E-state index >= 15 is 0 Å². The van der Waals surface area contributed by atoms with Gasteiger partial charge in [-0.2, -0.15) is 0 Å². The van der Waals surface area contributed by atoms with Gasteiger partial charge in [-0.15, -0.1) is 0 Å². The number of fused-ring (bicyclic) bond motifs is 1. The molecule has 2 aromatic carbocycles. The standard InChI is InChI=1S/C29H30N6O5S2/c1-29(2,3)23-16-24(34-40-23)33-28(38)32-18-6-4-7-20(14-18)42-25-21-15-19(8-9-22(21)30-17-31-25)39-12-5-10-35-11-13-41-27(37)26(35)36/h4,6-9,14-17H,5,10-13H2,1-3H3,(H2,32,33,34,38). The number of rotatable bonds is 9. The van der Waals surface area contributed by atoms with E-state index in [1.165, 1.54) is 18.1 Å². The highest BCUT2D eigenvalue weighted by Gasteiger charge is 2.26. The fourth-order valence-corrected chi connectivity index (χ4v) is 5.78. The smallest absolute Gasteiger partial charge is 0.324 e. The molecule has 218 valence electrons. The summed E-state index contributed by atoms with van der Waals surface area (Å²) in [7, 11) is 0. The summed E-state index contributed by atoms with van der Waals surface area (Å²) in [5.41, 5.74) is 1.15. The average Bonchev–Trinajstić information content (AvgIpc) is 3.43. The molecular weight excluding hydrogens is 576 g/mol. The third-order valence-corrected chi connectivity index (χ3v) is 8.10. The first-order valence-electron chi connectivity index (χ1n) is 13.3. The maximum atomic E-state index is 12.6. The molecule has 2 N–H and O–H groups in total. The SMILES string of the molecule is CC(C)(C)c1cc(NC(=O)Nc2cccc(Sc3ncnc4ccc(OCCCN5CCSC(=O)C5=O)cc34)c2)no1. The maximum Gasteiger partial charge on any atom is 0.324 e. The summed E-state index contributed by atoms with van der Waals surface area (Å²) >= 11 is 2.51. The Bertz CT molecular complexity index is 1620. The molecule has 0 saturated carbocycles. The van der Waals surface area contributed by atoms with Gasteiger partial charge in [-0.25, -0.2) is 14.8 Å². The first kappa shape index (κ1) is 29.4. The predicted molar refractivity (Wildman–Crippen MR) is 162 cm³/mol. The van der Waals surface area contributed by atoms with Crippen molar-refractivity contribution in [2.24, 2.45) is 0 Å². The third kappa shape index (κ3) is 7.39. The molecule has 0 aliphatic carbocycles. The van der Waals surface area contributed by atoms with Gasteiger partial charge in [0.05, 0.1) is 12.1 Å². The zero-order chi connectivity index (χ0) is 29.7. The van der Waals surface area contributed by atoms with Gasteiger partial charge in [-0.1, -0.05) is 55.5 Å². The van der Waals surface area contributed by atoms with Crippen LogP contribution in [0.3, 0.4) is 0 Å². The van der Waals surface area contributed by atoms with E-state index in [0.717, 1.165) is 32.6 Å². The van der Waals surface area contributed by atoms with Crippen molar-refractivity contribution in [1.29, 1.82) is 0 Å². The van der Waals surface area contributed by atoms with Crippen molar-refractivity contribution in [3.05, 3.63) is 60.6 Å². The summed E-state index contributed by atoms with van der Waals surface area (Å²) in [6, 6.07) is 14.3. The molecule has 3 amide bonds. The molecule has 0 atom stereocenters. The van der Waals surface area contributed by atoms with Crippen molar-refractivity contribution in [3.8, 4) is 5.75 Å². The molecule has 4 aromatic rings. The molecule has 1 fully saturated rings. The number of carbonyl (C=O) groups is 3. The summed E-state index contributed by atoms with van der Waals surface area (Å²) in [5.74, 6) is 1.87. The highest BCUT2D eigenvalue weighted by Crippen LogP contribution is 2.34. The van der Waals surface area contributed by atoms with Gasteiger partial charge in [0, 0.05) is 46.3 Å². The Hall–Kier alpha value is -4.10. The minimum Gasteiger partial charge on any atom is -0.494 e. The first-order valence-corrected chi connectivity index (χ1v) is 15.1. The van der Waals surface area contributed by atoms with Crippen LogP contribution in [0.2, 0.25) is 0 Å². The quantitative estimate of drug-likeness (QED) is 0.141. The molecule has 1 aliphatic heterocycles. The molecule has 0 spiro atoms. The van der Waals surface area contributed by atoms with Crippen LogP contribution in [-0.2, 0) is 15.0 Å². The zero-order valence-electron chi connectivity index (χ0n) is 23.4. The topological polar surface area (TPSA) is 140 Å². The fourth-order valence-electron chi connectivity index (χ4n) is 4.10. The molecule has 42 heavy (non-hydrogen) atoms. The summed E-state index contributed by atoms with van der Waals surface area (Å²) in [6.45, 7) is 7.45. The minimum atomic E-state index is -0.435. The monoisotopic (exact) mass is 606 g/mol. The van der Waals surface area contributed by atoms with Crippen LogP contribution in [0.15, 0.2) is 69.3 Å². The van der Waals surface area contributed by atoms with E-state index in [1.54, 1.807) is 17.0 Å². The predicted octanol–water partition coefficient (Wildman–Crippen LogP) is 5.58. The number of nitrogens with one attached hydrogen (secondary N) is 2. The van der Waals surface area contributed by atoms with Crippen molar-refractivity contribution < 1.29 is 23.6 Å². The van der Waals surface area contributed by atoms with Crippen molar-refractivity contribution in [2.75, 3.05) is 36.1 Å². The van der Waals surface area contributed by atoms with Crippen LogP contribution in [0.25, 0.3) is 10.9 Å². The molecule has 2 aromatic heterocycles. The number of thioether (sulfide) groups is 1. The molecule has 0 bridgehead atoms. The second-order valence-electron chi connectivity index (χ2n) is 10.5. The lowest BCUT2D eigenvalue weighted by Crippen LogP contribution is -2.42. The zero-order valence-corrected chi connectivity index (χ0v) is 25.0. The second-order valence-corrected chi connectivity index (χ2v) is 12.7. The highest BCUT2D eigenvalue weighted by molar-refractivity contribution is 8.15. The molecule has 3 heterocycles. The number of anilines is 2. The fraction of sp³-hybridized carbons (Fsp3) is 0.310. The van der Waals surface area contributed by atoms with Gasteiger partial charge in [-0.3, -0.25) is 14.9 Å². The van der Waals surface area contributed by atoms with Crippen LogP contribution in [0.4, 0.5) is 16.3 Å². The Morgan fingerprint density at radius 1 is 1.12 bits per heavy atom. The normalized spacial score (nSPS) is 13.8. The molecule has 0 radical (unpaired) electrons. The maximum absolute atomic E-state index is 12.6. The Kier molecular flexibility index (Phi) is 8.97. The number of benzene rings is 2. The third-order valence-electron chi connectivity index (χ3n) is 6.26. The molecular formula is C29H30N6O5S2. The highest BCUT2D eigenvalue weighted by atomic mass is 32.2. The molecule has 5 rings (SSSR count). The van der Waals surface area contributed by atoms with Crippen molar-refractivity contribution in [1.82, 2.24) is 20.0 Å². The number of amides is 3. The van der Waals surface area contributed by atoms with E-state index in [0.29, 0.717) is 54.9 Å². The summed E-state index contributed by atoms with van der Waals surface area (Å²) in [5, 5.41) is 10.6. The molecule has 11 nitrogen and oxygen atoms in total. The van der Waals surface area contributed by atoms with Gasteiger partial charge < -0.3 is 19.5 Å². The number of aromatic nitrogens is 3. The minimum absolute atomic E-state index is 0.219. The van der Waals surface area contributed by atoms with Gasteiger partial charge in [0.2, 0.25) is 0 Å². The average molecular weight is 607 g/mol. The first-order chi connectivity index (χ1) is 20.2. The lowest BCUT2D eigenvalue weighted by Gasteiger charge is -2.24. The number of hydrogen-bond donors (Lipinski definition) is 2. The van der Waals surface area contributed by atoms with E-state index in [-0.39, 0.29) is 5.41 Å². The van der Waals surface area contributed by atoms with Gasteiger partial charge in [0.15, 0.2) is 5.82 Å². The Morgan fingerprint density at radius 3 is 2.79 bits per heavy atom. The molecule has 1 saturated heterocycles. The summed E-state index contributed by atoms with van der Waals surface area (Å²) in [4.78, 5) is 47.5. The lowest BCUT2D eigenvalue weighted by atomic mass is 9.93. The number of hydrogen-bond acceptors (Lipinski definition) is 10. The van der Waals surface area contributed by atoms with Crippen molar-refractivity contribution >= 4 is 63.0 Å². The Labute approximate surface area is 251 Å². The van der Waals surface area contributed by atoms with Gasteiger partial charge in [-0.05, 0) is 42.8 Å². The van der Waals surface area contributed by atoms with Crippen molar-refractivity contribution in [3.63, 3.8) is 0 Å². The van der Waals surface area contributed by atoms with Crippen LogP contribution in [-0.4, -0.2) is 62.5 Å². The number of nitrogens with zero attached hydrogens (tertiary/aromatic N) is 4. The van der Waals surface area contributed by atoms with E-state index in [1.807, 2.05) is 57.2 Å². The van der Waals surface area contributed by atoms with Crippen LogP contribution in [0.5, 0.6) is 5.75 Å². The van der Waals surface area contributed by atoms with Crippen LogP contribution in [0.1, 0.15) is 33.0 Å². The van der Waals surface area contributed by atoms with E-state index in [4.69, 9.17) is 9.26 Å². The number of urea groups is 1. The van der Waals surface area contributed by atoms with E-state index in [9.17, 15) is 14.4 Å². The van der Waals surface area contributed by atoms with Crippen molar-refractivity contribution in [2.45, 2.75) is 42.5 Å². The number of carbonyl (C=O) groups excluding carboxylic acids is 3. The summed E-state index contributed by atoms with van der Waals surface area (Å²) in [6.07, 6.45) is 2.12. The van der Waals surface area contributed by atoms with E-state index in [2.05, 4.69) is 25.8 Å². The number of ether oxygens (including phenoxy) is 1. The van der Waals surface area contributed by atoms with Gasteiger partial charge >= 0.3 is 11.9 Å². The van der Waals surface area contributed by atoms with Gasteiger partial charge in [0.1, 0.15) is 22.9 Å². The molecule has 13 heteroatoms. The van der Waals surface area contributed by atoms with Crippen LogP contribution in [0, 0.1) is 0 Å². The second kappa shape index (κ2) is 12.8. The largest absolute Gasteiger partial charge is 0.494 e. The molecule has 1 aliphatic rings. The lowest BCUT2D eigenvalue weighted by molar-refractivity contribution is -0.140. The van der Waals surface area contributed by atoms with Gasteiger partial charge in [0.25, 0.3) is 5.12 Å². The van der Waals surface area contributed by atoms with E-state index < -0.39 is 17.1 Å². The van der Waals surface area contributed by atoms with Crippen LogP contribution < -0.4 is 15.4 Å². The summed E-state index contributed by atoms with van der Waals surface area (Å²) < 4.78 is 11.3. The van der Waals surface area contributed by atoms with Crippen LogP contribution >= 0.6 is 23.5 Å². The Morgan fingerprint density at radius 2 is 1.98 bits per heavy atom.